The van der Waals surface area contributed by atoms with Crippen molar-refractivity contribution < 1.29 is 0 Å². The molecule has 0 atom stereocenters. The van der Waals surface area contributed by atoms with Crippen molar-refractivity contribution in [1.29, 1.82) is 0 Å². The summed E-state index contributed by atoms with van der Waals surface area (Å²) in [6.45, 7) is 0. The second-order valence-electron chi connectivity index (χ2n) is 11.3. The Bertz CT molecular complexity index is 2550. The Kier molecular flexibility index (Phi) is 6.00. The van der Waals surface area contributed by atoms with E-state index in [0.717, 1.165) is 27.5 Å². The standard InChI is InChI=1S/C41H25N3S/c1-2-8-26(9-3-1)29-15-16-31-24-33(19-17-30(31)22-29)40-42-39(32-18-14-27-10-4-5-11-28(27)23-32)43-41(44-40)34-20-21-36-35-12-6-7-13-37(35)45-38(36)25-34/h1-25H. The second-order valence-corrected chi connectivity index (χ2v) is 12.4. The third-order valence-electron chi connectivity index (χ3n) is 8.49. The van der Waals surface area contributed by atoms with E-state index in [-0.39, 0.29) is 0 Å². The maximum Gasteiger partial charge on any atom is 0.164 e. The Morgan fingerprint density at radius 2 is 0.800 bits per heavy atom. The first kappa shape index (κ1) is 25.8. The lowest BCUT2D eigenvalue weighted by Crippen LogP contribution is -2.00. The van der Waals surface area contributed by atoms with Gasteiger partial charge in [0, 0.05) is 36.9 Å². The van der Waals surface area contributed by atoms with E-state index in [1.807, 2.05) is 6.07 Å². The molecule has 2 aromatic heterocycles. The van der Waals surface area contributed by atoms with Gasteiger partial charge in [0.15, 0.2) is 17.5 Å². The van der Waals surface area contributed by atoms with Gasteiger partial charge in [0.1, 0.15) is 0 Å². The summed E-state index contributed by atoms with van der Waals surface area (Å²) in [4.78, 5) is 15.2. The summed E-state index contributed by atoms with van der Waals surface area (Å²) in [7, 11) is 0. The zero-order valence-corrected chi connectivity index (χ0v) is 25.0. The Balaban J connectivity index is 1.20. The fourth-order valence-electron chi connectivity index (χ4n) is 6.15. The van der Waals surface area contributed by atoms with Gasteiger partial charge in [-0.05, 0) is 63.0 Å². The summed E-state index contributed by atoms with van der Waals surface area (Å²) < 4.78 is 2.51. The zero-order valence-electron chi connectivity index (χ0n) is 24.2. The van der Waals surface area contributed by atoms with E-state index in [1.54, 1.807) is 11.3 Å². The molecule has 0 N–H and O–H groups in total. The first-order valence-electron chi connectivity index (χ1n) is 15.0. The molecule has 210 valence electrons. The van der Waals surface area contributed by atoms with Gasteiger partial charge in [0.05, 0.1) is 0 Å². The number of benzene rings is 7. The highest BCUT2D eigenvalue weighted by molar-refractivity contribution is 7.25. The minimum Gasteiger partial charge on any atom is -0.208 e. The molecule has 0 saturated heterocycles. The molecule has 0 saturated carbocycles. The van der Waals surface area contributed by atoms with Gasteiger partial charge in [0.25, 0.3) is 0 Å². The molecule has 0 aliphatic carbocycles. The van der Waals surface area contributed by atoms with Gasteiger partial charge in [-0.2, -0.15) is 0 Å². The molecular formula is C41H25N3S. The predicted octanol–water partition coefficient (Wildman–Crippen LogP) is 11.2. The van der Waals surface area contributed by atoms with E-state index in [4.69, 9.17) is 15.0 Å². The number of aromatic nitrogens is 3. The van der Waals surface area contributed by atoms with Gasteiger partial charge in [0.2, 0.25) is 0 Å². The summed E-state index contributed by atoms with van der Waals surface area (Å²) in [5.74, 6) is 1.99. The summed E-state index contributed by atoms with van der Waals surface area (Å²) in [5.41, 5.74) is 5.32. The smallest absolute Gasteiger partial charge is 0.164 e. The fraction of sp³-hybridized carbons (Fsp3) is 0. The van der Waals surface area contributed by atoms with Crippen LogP contribution in [0.25, 0.3) is 87.0 Å². The van der Waals surface area contributed by atoms with E-state index in [1.165, 1.54) is 42.1 Å². The highest BCUT2D eigenvalue weighted by Crippen LogP contribution is 2.37. The maximum absolute atomic E-state index is 5.08. The Labute approximate surface area is 264 Å². The molecule has 0 aliphatic heterocycles. The predicted molar refractivity (Wildman–Crippen MR) is 189 cm³/mol. The molecule has 0 fully saturated rings. The van der Waals surface area contributed by atoms with E-state index >= 15 is 0 Å². The lowest BCUT2D eigenvalue weighted by Gasteiger charge is -2.10. The average molecular weight is 592 g/mol. The lowest BCUT2D eigenvalue weighted by molar-refractivity contribution is 1.08. The van der Waals surface area contributed by atoms with Crippen molar-refractivity contribution in [3.05, 3.63) is 152 Å². The zero-order chi connectivity index (χ0) is 29.7. The molecule has 9 rings (SSSR count). The third-order valence-corrected chi connectivity index (χ3v) is 9.62. The van der Waals surface area contributed by atoms with E-state index in [0.29, 0.717) is 17.5 Å². The van der Waals surface area contributed by atoms with Crippen molar-refractivity contribution in [2.75, 3.05) is 0 Å². The summed E-state index contributed by atoms with van der Waals surface area (Å²) in [6.07, 6.45) is 0. The van der Waals surface area contributed by atoms with Crippen LogP contribution < -0.4 is 0 Å². The number of fused-ring (bicyclic) bond motifs is 5. The van der Waals surface area contributed by atoms with Crippen LogP contribution in [0, 0.1) is 0 Å². The van der Waals surface area contributed by atoms with Crippen LogP contribution in [0.3, 0.4) is 0 Å². The number of hydrogen-bond acceptors (Lipinski definition) is 4. The molecular weight excluding hydrogens is 567 g/mol. The molecule has 3 nitrogen and oxygen atoms in total. The molecule has 2 heterocycles. The average Bonchev–Trinajstić information content (AvgIpc) is 3.49. The quantitative estimate of drug-likeness (QED) is 0.204. The highest BCUT2D eigenvalue weighted by Gasteiger charge is 2.15. The van der Waals surface area contributed by atoms with Crippen LogP contribution in [0.1, 0.15) is 0 Å². The monoisotopic (exact) mass is 591 g/mol. The molecule has 0 spiro atoms. The second kappa shape index (κ2) is 10.5. The highest BCUT2D eigenvalue weighted by atomic mass is 32.1. The van der Waals surface area contributed by atoms with Crippen LogP contribution in [0.4, 0.5) is 0 Å². The number of thiophene rings is 1. The molecule has 0 radical (unpaired) electrons. The van der Waals surface area contributed by atoms with Crippen molar-refractivity contribution in [3.8, 4) is 45.3 Å². The van der Waals surface area contributed by atoms with E-state index in [2.05, 4.69) is 146 Å². The van der Waals surface area contributed by atoms with Crippen LogP contribution >= 0.6 is 11.3 Å². The van der Waals surface area contributed by atoms with Gasteiger partial charge in [-0.25, -0.2) is 15.0 Å². The number of rotatable bonds is 4. The van der Waals surface area contributed by atoms with Crippen LogP contribution in [-0.2, 0) is 0 Å². The topological polar surface area (TPSA) is 38.7 Å². The Hall–Kier alpha value is -5.71. The summed E-state index contributed by atoms with van der Waals surface area (Å²) >= 11 is 1.80. The molecule has 7 aromatic carbocycles. The largest absolute Gasteiger partial charge is 0.208 e. The van der Waals surface area contributed by atoms with Crippen LogP contribution in [-0.4, -0.2) is 15.0 Å². The fourth-order valence-corrected chi connectivity index (χ4v) is 7.30. The van der Waals surface area contributed by atoms with Crippen molar-refractivity contribution in [2.45, 2.75) is 0 Å². The van der Waals surface area contributed by atoms with Gasteiger partial charge in [-0.15, -0.1) is 11.3 Å². The molecule has 0 bridgehead atoms. The normalized spacial score (nSPS) is 11.6. The Morgan fingerprint density at radius 1 is 0.311 bits per heavy atom. The molecule has 9 aromatic rings. The maximum atomic E-state index is 5.08. The van der Waals surface area contributed by atoms with Gasteiger partial charge < -0.3 is 0 Å². The van der Waals surface area contributed by atoms with Crippen LogP contribution in [0.2, 0.25) is 0 Å². The number of hydrogen-bond donors (Lipinski definition) is 0. The summed E-state index contributed by atoms with van der Waals surface area (Å²) in [6, 6.07) is 53.5. The van der Waals surface area contributed by atoms with Crippen molar-refractivity contribution >= 4 is 53.1 Å². The van der Waals surface area contributed by atoms with Gasteiger partial charge >= 0.3 is 0 Å². The SMILES string of the molecule is c1ccc(-c2ccc3cc(-c4nc(-c5ccc6ccccc6c5)nc(-c5ccc6c(c5)sc5ccccc56)n4)ccc3c2)cc1. The van der Waals surface area contributed by atoms with Crippen molar-refractivity contribution in [3.63, 3.8) is 0 Å². The van der Waals surface area contributed by atoms with Crippen molar-refractivity contribution in [2.24, 2.45) is 0 Å². The lowest BCUT2D eigenvalue weighted by atomic mass is 10.00. The van der Waals surface area contributed by atoms with Gasteiger partial charge in [-0.3, -0.25) is 0 Å². The first-order valence-corrected chi connectivity index (χ1v) is 15.8. The molecule has 0 amide bonds. The van der Waals surface area contributed by atoms with Crippen LogP contribution in [0.15, 0.2) is 152 Å². The van der Waals surface area contributed by atoms with E-state index in [9.17, 15) is 0 Å². The minimum absolute atomic E-state index is 0.661. The molecule has 0 aliphatic rings. The van der Waals surface area contributed by atoms with Gasteiger partial charge in [-0.1, -0.05) is 121 Å². The summed E-state index contributed by atoms with van der Waals surface area (Å²) in [5, 5.41) is 7.21. The first-order chi connectivity index (χ1) is 22.2. The minimum atomic E-state index is 0.661. The van der Waals surface area contributed by atoms with E-state index < -0.39 is 0 Å². The Morgan fingerprint density at radius 3 is 1.53 bits per heavy atom. The molecule has 0 unspecified atom stereocenters. The van der Waals surface area contributed by atoms with Crippen molar-refractivity contribution in [1.82, 2.24) is 15.0 Å². The molecule has 4 heteroatoms. The molecule has 45 heavy (non-hydrogen) atoms. The number of nitrogens with zero attached hydrogens (tertiary/aromatic N) is 3. The third kappa shape index (κ3) is 4.64. The van der Waals surface area contributed by atoms with Crippen LogP contribution in [0.5, 0.6) is 0 Å².